The molecule has 0 saturated heterocycles. The second-order valence-corrected chi connectivity index (χ2v) is 3.52. The van der Waals surface area contributed by atoms with Gasteiger partial charge in [0.1, 0.15) is 0 Å². The number of nitrogens with zero attached hydrogens (tertiary/aromatic N) is 4. The van der Waals surface area contributed by atoms with Crippen LogP contribution in [0.15, 0.2) is 0 Å². The van der Waals surface area contributed by atoms with Crippen LogP contribution in [0.25, 0.3) is 0 Å². The predicted octanol–water partition coefficient (Wildman–Crippen LogP) is -1.18. The normalized spacial score (nSPS) is 10.7. The Morgan fingerprint density at radius 3 is 2.80 bits per heavy atom. The van der Waals surface area contributed by atoms with Crippen molar-refractivity contribution in [3.05, 3.63) is 5.82 Å². The van der Waals surface area contributed by atoms with E-state index in [1.54, 1.807) is 7.05 Å². The molecular weight excluding hydrogens is 196 g/mol. The molecule has 0 fully saturated rings. The first kappa shape index (κ1) is 11.6. The van der Waals surface area contributed by atoms with Gasteiger partial charge in [-0.1, -0.05) is 0 Å². The van der Waals surface area contributed by atoms with E-state index in [-0.39, 0.29) is 18.5 Å². The number of rotatable bonds is 5. The number of carbonyl (C=O) groups is 1. The van der Waals surface area contributed by atoms with E-state index in [1.807, 2.05) is 13.8 Å². The molecule has 0 bridgehead atoms. The average Bonchev–Trinajstić information content (AvgIpc) is 2.50. The fourth-order valence-electron chi connectivity index (χ4n) is 1.05. The van der Waals surface area contributed by atoms with Gasteiger partial charge in [-0.25, -0.2) is 0 Å². The second kappa shape index (κ2) is 5.40. The fourth-order valence-corrected chi connectivity index (χ4v) is 1.05. The first-order valence-electron chi connectivity index (χ1n) is 4.81. The van der Waals surface area contributed by atoms with Crippen LogP contribution in [-0.2, 0) is 18.4 Å². The van der Waals surface area contributed by atoms with E-state index in [1.165, 1.54) is 4.80 Å². The molecule has 1 rings (SSSR count). The molecule has 0 aliphatic heterocycles. The van der Waals surface area contributed by atoms with Crippen LogP contribution in [-0.4, -0.2) is 38.7 Å². The Morgan fingerprint density at radius 1 is 1.53 bits per heavy atom. The maximum atomic E-state index is 11.2. The molecule has 0 atom stereocenters. The first-order chi connectivity index (χ1) is 7.08. The SMILES string of the molecule is CC(C)NC(=O)CNCc1nnn(C)n1. The van der Waals surface area contributed by atoms with Crippen molar-refractivity contribution in [2.24, 2.45) is 7.05 Å². The summed E-state index contributed by atoms with van der Waals surface area (Å²) in [6, 6.07) is 0.161. The summed E-state index contributed by atoms with van der Waals surface area (Å²) in [6.07, 6.45) is 0. The van der Waals surface area contributed by atoms with Crippen LogP contribution < -0.4 is 10.6 Å². The Morgan fingerprint density at radius 2 is 2.27 bits per heavy atom. The van der Waals surface area contributed by atoms with Gasteiger partial charge in [-0.2, -0.15) is 4.80 Å². The molecule has 0 unspecified atom stereocenters. The van der Waals surface area contributed by atoms with Gasteiger partial charge in [0.15, 0.2) is 5.82 Å². The van der Waals surface area contributed by atoms with Crippen molar-refractivity contribution in [1.82, 2.24) is 30.8 Å². The van der Waals surface area contributed by atoms with Gasteiger partial charge in [-0.05, 0) is 19.1 Å². The summed E-state index contributed by atoms with van der Waals surface area (Å²) in [6.45, 7) is 4.54. The molecule has 84 valence electrons. The van der Waals surface area contributed by atoms with Crippen LogP contribution in [0.1, 0.15) is 19.7 Å². The van der Waals surface area contributed by atoms with Crippen molar-refractivity contribution < 1.29 is 4.79 Å². The topological polar surface area (TPSA) is 84.7 Å². The van der Waals surface area contributed by atoms with Crippen molar-refractivity contribution in [1.29, 1.82) is 0 Å². The average molecular weight is 212 g/mol. The molecule has 0 spiro atoms. The lowest BCUT2D eigenvalue weighted by atomic mass is 10.4. The number of nitrogens with one attached hydrogen (secondary N) is 2. The number of hydrogen-bond donors (Lipinski definition) is 2. The number of aromatic nitrogens is 4. The summed E-state index contributed by atoms with van der Waals surface area (Å²) >= 11 is 0. The number of hydrogen-bond acceptors (Lipinski definition) is 5. The molecular formula is C8H16N6O. The summed E-state index contributed by atoms with van der Waals surface area (Å²) in [5.41, 5.74) is 0. The third-order valence-electron chi connectivity index (χ3n) is 1.57. The number of amides is 1. The molecule has 0 aliphatic rings. The van der Waals surface area contributed by atoms with Crippen LogP contribution in [0.4, 0.5) is 0 Å². The van der Waals surface area contributed by atoms with E-state index in [4.69, 9.17) is 0 Å². The number of aryl methyl sites for hydroxylation is 1. The van der Waals surface area contributed by atoms with Crippen molar-refractivity contribution >= 4 is 5.91 Å². The molecule has 15 heavy (non-hydrogen) atoms. The Bertz CT molecular complexity index is 321. The Balaban J connectivity index is 2.19. The minimum absolute atomic E-state index is 0.0334. The van der Waals surface area contributed by atoms with E-state index < -0.39 is 0 Å². The molecule has 2 N–H and O–H groups in total. The van der Waals surface area contributed by atoms with Crippen molar-refractivity contribution in [2.45, 2.75) is 26.4 Å². The highest BCUT2D eigenvalue weighted by molar-refractivity contribution is 5.78. The number of tetrazole rings is 1. The third-order valence-corrected chi connectivity index (χ3v) is 1.57. The van der Waals surface area contributed by atoms with Gasteiger partial charge in [0.2, 0.25) is 5.91 Å². The van der Waals surface area contributed by atoms with Crippen LogP contribution in [0.3, 0.4) is 0 Å². The van der Waals surface area contributed by atoms with Gasteiger partial charge >= 0.3 is 0 Å². The molecule has 0 radical (unpaired) electrons. The van der Waals surface area contributed by atoms with Crippen molar-refractivity contribution in [3.63, 3.8) is 0 Å². The van der Waals surface area contributed by atoms with Crippen LogP contribution in [0, 0.1) is 0 Å². The monoisotopic (exact) mass is 212 g/mol. The highest BCUT2D eigenvalue weighted by Gasteiger charge is 2.04. The highest BCUT2D eigenvalue weighted by atomic mass is 16.1. The van der Waals surface area contributed by atoms with E-state index >= 15 is 0 Å². The second-order valence-electron chi connectivity index (χ2n) is 3.52. The fraction of sp³-hybridized carbons (Fsp3) is 0.750. The zero-order chi connectivity index (χ0) is 11.3. The van der Waals surface area contributed by atoms with Crippen LogP contribution in [0.5, 0.6) is 0 Å². The van der Waals surface area contributed by atoms with Gasteiger partial charge in [0.25, 0.3) is 0 Å². The van der Waals surface area contributed by atoms with Crippen molar-refractivity contribution in [3.8, 4) is 0 Å². The van der Waals surface area contributed by atoms with Gasteiger partial charge in [0.05, 0.1) is 20.1 Å². The standard InChI is InChI=1S/C8H16N6O/c1-6(2)10-8(15)5-9-4-7-11-13-14(3)12-7/h6,9H,4-5H2,1-3H3,(H,10,15). The van der Waals surface area contributed by atoms with E-state index in [2.05, 4.69) is 26.0 Å². The predicted molar refractivity (Wildman–Crippen MR) is 53.8 cm³/mol. The summed E-state index contributed by atoms with van der Waals surface area (Å²) in [5.74, 6) is 0.545. The molecule has 1 heterocycles. The molecule has 0 saturated carbocycles. The van der Waals surface area contributed by atoms with Gasteiger partial charge in [-0.3, -0.25) is 4.79 Å². The zero-order valence-electron chi connectivity index (χ0n) is 9.19. The lowest BCUT2D eigenvalue weighted by Gasteiger charge is -2.07. The minimum atomic E-state index is -0.0334. The summed E-state index contributed by atoms with van der Waals surface area (Å²) < 4.78 is 0. The smallest absolute Gasteiger partial charge is 0.234 e. The molecule has 1 aromatic heterocycles. The van der Waals surface area contributed by atoms with E-state index in [0.717, 1.165) is 0 Å². The Hall–Kier alpha value is -1.50. The Kier molecular flexibility index (Phi) is 4.17. The molecule has 1 aromatic rings. The lowest BCUT2D eigenvalue weighted by Crippen LogP contribution is -2.37. The van der Waals surface area contributed by atoms with Crippen LogP contribution >= 0.6 is 0 Å². The van der Waals surface area contributed by atoms with Gasteiger partial charge < -0.3 is 10.6 Å². The quantitative estimate of drug-likeness (QED) is 0.642. The molecule has 0 aromatic carbocycles. The van der Waals surface area contributed by atoms with Gasteiger partial charge in [-0.15, -0.1) is 10.2 Å². The van der Waals surface area contributed by atoms with E-state index in [9.17, 15) is 4.79 Å². The minimum Gasteiger partial charge on any atom is -0.353 e. The largest absolute Gasteiger partial charge is 0.353 e. The highest BCUT2D eigenvalue weighted by Crippen LogP contribution is 1.83. The molecule has 7 nitrogen and oxygen atoms in total. The molecule has 0 aliphatic carbocycles. The van der Waals surface area contributed by atoms with Crippen LogP contribution in [0.2, 0.25) is 0 Å². The number of carbonyl (C=O) groups excluding carboxylic acids is 1. The Labute approximate surface area is 88.2 Å². The van der Waals surface area contributed by atoms with Gasteiger partial charge in [0, 0.05) is 6.04 Å². The summed E-state index contributed by atoms with van der Waals surface area (Å²) in [7, 11) is 1.70. The third kappa shape index (κ3) is 4.50. The maximum absolute atomic E-state index is 11.2. The summed E-state index contributed by atoms with van der Waals surface area (Å²) in [4.78, 5) is 12.6. The van der Waals surface area contributed by atoms with E-state index in [0.29, 0.717) is 12.4 Å². The maximum Gasteiger partial charge on any atom is 0.234 e. The van der Waals surface area contributed by atoms with Crippen molar-refractivity contribution in [2.75, 3.05) is 6.54 Å². The molecule has 1 amide bonds. The molecule has 7 heteroatoms. The first-order valence-corrected chi connectivity index (χ1v) is 4.81. The summed E-state index contributed by atoms with van der Waals surface area (Å²) in [5, 5.41) is 17.1. The zero-order valence-corrected chi connectivity index (χ0v) is 9.19. The lowest BCUT2D eigenvalue weighted by molar-refractivity contribution is -0.120.